The van der Waals surface area contributed by atoms with E-state index in [1.54, 1.807) is 0 Å². The van der Waals surface area contributed by atoms with Gasteiger partial charge in [-0.3, -0.25) is 19.3 Å². The maximum atomic E-state index is 13.2. The number of fused-ring (bicyclic) bond motifs is 4. The zero-order valence-corrected chi connectivity index (χ0v) is 15.5. The quantitative estimate of drug-likeness (QED) is 0.782. The van der Waals surface area contributed by atoms with E-state index < -0.39 is 17.4 Å². The summed E-state index contributed by atoms with van der Waals surface area (Å²) in [5, 5.41) is 4.98. The third kappa shape index (κ3) is 1.99. The van der Waals surface area contributed by atoms with Crippen LogP contribution in [0.3, 0.4) is 0 Å². The maximum Gasteiger partial charge on any atom is 0.291 e. The van der Waals surface area contributed by atoms with Crippen LogP contribution in [-0.4, -0.2) is 35.2 Å². The molecule has 0 saturated carbocycles. The van der Waals surface area contributed by atoms with Crippen LogP contribution in [-0.2, 0) is 26.3 Å². The van der Waals surface area contributed by atoms with Gasteiger partial charge in [0, 0.05) is 12.1 Å². The predicted molar refractivity (Wildman–Crippen MR) is 96.1 cm³/mol. The van der Waals surface area contributed by atoms with Crippen molar-refractivity contribution in [2.45, 2.75) is 51.6 Å². The summed E-state index contributed by atoms with van der Waals surface area (Å²) in [7, 11) is 0. The average Bonchev–Trinajstić information content (AvgIpc) is 3.18. The number of hydrogen-bond donors (Lipinski definition) is 2. The van der Waals surface area contributed by atoms with Crippen LogP contribution in [0.2, 0.25) is 0 Å². The number of para-hydroxylation sites is 1. The number of nitrogens with one attached hydrogen (secondary N) is 1. The number of amides is 3. The molecule has 3 N–H and O–H groups in total. The highest BCUT2D eigenvalue weighted by molar-refractivity contribution is 6.14. The average molecular weight is 356 g/mol. The molecule has 138 valence electrons. The van der Waals surface area contributed by atoms with E-state index in [1.165, 1.54) is 4.90 Å². The zero-order chi connectivity index (χ0) is 18.6. The summed E-state index contributed by atoms with van der Waals surface area (Å²) in [6, 6.07) is 5.78. The Morgan fingerprint density at radius 3 is 2.65 bits per heavy atom. The van der Waals surface area contributed by atoms with Crippen molar-refractivity contribution in [3.63, 3.8) is 0 Å². The van der Waals surface area contributed by atoms with E-state index in [9.17, 15) is 14.4 Å². The molecule has 2 fully saturated rings. The lowest BCUT2D eigenvalue weighted by atomic mass is 9.76. The van der Waals surface area contributed by atoms with Gasteiger partial charge in [-0.05, 0) is 25.3 Å². The molecule has 0 aliphatic carbocycles. The van der Waals surface area contributed by atoms with Crippen LogP contribution in [0.4, 0.5) is 5.69 Å². The van der Waals surface area contributed by atoms with E-state index in [0.29, 0.717) is 6.54 Å². The van der Waals surface area contributed by atoms with E-state index in [-0.39, 0.29) is 23.8 Å². The fourth-order valence-electron chi connectivity index (χ4n) is 5.12. The summed E-state index contributed by atoms with van der Waals surface area (Å²) in [5.74, 6) is -1.50. The minimum atomic E-state index is -1.02. The molecule has 26 heavy (non-hydrogen) atoms. The van der Waals surface area contributed by atoms with Gasteiger partial charge < -0.3 is 10.6 Å². The van der Waals surface area contributed by atoms with Crippen LogP contribution in [0.1, 0.15) is 44.7 Å². The molecule has 4 atom stereocenters. The summed E-state index contributed by atoms with van der Waals surface area (Å²) in [6.07, 6.45) is 2.52. The molecule has 1 aromatic rings. The monoisotopic (exact) mass is 356 g/mol. The molecule has 3 aliphatic heterocycles. The second kappa shape index (κ2) is 5.91. The number of hydrogen-bond acceptors (Lipinski definition) is 3. The molecule has 0 aromatic heterocycles. The van der Waals surface area contributed by atoms with E-state index in [2.05, 4.69) is 5.32 Å². The molecular formula is C20H26N3O3+. The van der Waals surface area contributed by atoms with Crippen molar-refractivity contribution >= 4 is 23.4 Å². The van der Waals surface area contributed by atoms with Crippen LogP contribution in [0.25, 0.3) is 0 Å². The fourth-order valence-corrected chi connectivity index (χ4v) is 5.12. The first-order valence-corrected chi connectivity index (χ1v) is 9.62. The molecule has 6 heteroatoms. The number of aryl methyl sites for hydroxylation is 1. The molecule has 3 aliphatic rings. The topological polar surface area (TPSA) is 83.1 Å². The molecule has 4 rings (SSSR count). The smallest absolute Gasteiger partial charge is 0.291 e. The van der Waals surface area contributed by atoms with Gasteiger partial charge in [0.2, 0.25) is 17.4 Å². The number of carbonyl (C=O) groups is 3. The second-order valence-electron chi connectivity index (χ2n) is 7.73. The van der Waals surface area contributed by atoms with Gasteiger partial charge in [0.05, 0.1) is 11.7 Å². The highest BCUT2D eigenvalue weighted by Gasteiger charge is 2.73. The Morgan fingerprint density at radius 1 is 1.19 bits per heavy atom. The SMILES string of the molecule is CCCCN1C(=O)[C@H]2[C@@H](C1=O)[C@@]1([NH2+][C@@H]2C)C(=O)Nc2c(CC)cccc21. The molecule has 3 heterocycles. The van der Waals surface area contributed by atoms with E-state index in [1.807, 2.05) is 44.3 Å². The van der Waals surface area contributed by atoms with Crippen molar-refractivity contribution in [3.8, 4) is 0 Å². The number of likely N-dealkylation sites (tertiary alicyclic amines) is 1. The Balaban J connectivity index is 1.83. The van der Waals surface area contributed by atoms with Crippen molar-refractivity contribution in [2.75, 3.05) is 11.9 Å². The van der Waals surface area contributed by atoms with Crippen LogP contribution in [0.15, 0.2) is 18.2 Å². The lowest BCUT2D eigenvalue weighted by Crippen LogP contribution is -2.98. The highest BCUT2D eigenvalue weighted by Crippen LogP contribution is 2.49. The molecule has 0 radical (unpaired) electrons. The fraction of sp³-hybridized carbons (Fsp3) is 0.550. The third-order valence-corrected chi connectivity index (χ3v) is 6.35. The Labute approximate surface area is 153 Å². The highest BCUT2D eigenvalue weighted by atomic mass is 16.2. The van der Waals surface area contributed by atoms with Crippen LogP contribution >= 0.6 is 0 Å². The van der Waals surface area contributed by atoms with Crippen LogP contribution < -0.4 is 10.6 Å². The minimum absolute atomic E-state index is 0.106. The van der Waals surface area contributed by atoms with Gasteiger partial charge in [0.15, 0.2) is 0 Å². The van der Waals surface area contributed by atoms with Gasteiger partial charge >= 0.3 is 0 Å². The lowest BCUT2D eigenvalue weighted by molar-refractivity contribution is -0.730. The molecule has 0 bridgehead atoms. The number of unbranched alkanes of at least 4 members (excludes halogenated alkanes) is 1. The number of anilines is 1. The van der Waals surface area contributed by atoms with E-state index >= 15 is 0 Å². The Kier molecular flexibility index (Phi) is 3.91. The first kappa shape index (κ1) is 17.2. The van der Waals surface area contributed by atoms with E-state index in [4.69, 9.17) is 0 Å². The molecule has 0 unspecified atom stereocenters. The first-order valence-electron chi connectivity index (χ1n) is 9.62. The third-order valence-electron chi connectivity index (χ3n) is 6.35. The Bertz CT molecular complexity index is 805. The van der Waals surface area contributed by atoms with Crippen molar-refractivity contribution in [2.24, 2.45) is 11.8 Å². The van der Waals surface area contributed by atoms with Crippen LogP contribution in [0, 0.1) is 11.8 Å². The van der Waals surface area contributed by atoms with Gasteiger partial charge in [-0.2, -0.15) is 0 Å². The summed E-state index contributed by atoms with van der Waals surface area (Å²) in [5.41, 5.74) is 1.74. The van der Waals surface area contributed by atoms with Gasteiger partial charge in [0.1, 0.15) is 11.8 Å². The number of nitrogens with two attached hydrogens (primary N) is 1. The molecule has 1 aromatic carbocycles. The number of imide groups is 1. The van der Waals surface area contributed by atoms with Gasteiger partial charge in [-0.1, -0.05) is 38.5 Å². The molecular weight excluding hydrogens is 330 g/mol. The van der Waals surface area contributed by atoms with Crippen LogP contribution in [0.5, 0.6) is 0 Å². The number of carbonyl (C=O) groups excluding carboxylic acids is 3. The van der Waals surface area contributed by atoms with Gasteiger partial charge in [0.25, 0.3) is 5.91 Å². The standard InChI is InChI=1S/C20H25N3O3/c1-4-6-10-23-17(24)14-11(3)22-20(15(14)18(23)25)13-9-7-8-12(5-2)16(13)21-19(20)26/h7-9,11,14-15,22H,4-6,10H2,1-3H3,(H,21,26)/p+1/t11-,14-,15+,20-/m1/s1. The van der Waals surface area contributed by atoms with Crippen molar-refractivity contribution in [1.29, 1.82) is 0 Å². The molecule has 6 nitrogen and oxygen atoms in total. The second-order valence-corrected chi connectivity index (χ2v) is 7.73. The molecule has 1 spiro atoms. The van der Waals surface area contributed by atoms with Gasteiger partial charge in [-0.25, -0.2) is 0 Å². The van der Waals surface area contributed by atoms with Crippen molar-refractivity contribution in [3.05, 3.63) is 29.3 Å². The lowest BCUT2D eigenvalue weighted by Gasteiger charge is -2.25. The number of nitrogens with zero attached hydrogens (tertiary/aromatic N) is 1. The molecule has 2 saturated heterocycles. The van der Waals surface area contributed by atoms with Gasteiger partial charge in [-0.15, -0.1) is 0 Å². The Morgan fingerprint density at radius 2 is 1.96 bits per heavy atom. The number of benzene rings is 1. The van der Waals surface area contributed by atoms with Crippen molar-refractivity contribution in [1.82, 2.24) is 4.90 Å². The van der Waals surface area contributed by atoms with E-state index in [0.717, 1.165) is 36.1 Å². The largest absolute Gasteiger partial charge is 0.326 e. The zero-order valence-electron chi connectivity index (χ0n) is 15.5. The summed E-state index contributed by atoms with van der Waals surface area (Å²) in [6.45, 7) is 6.49. The van der Waals surface area contributed by atoms with Crippen molar-refractivity contribution < 1.29 is 19.7 Å². The minimum Gasteiger partial charge on any atom is -0.326 e. The normalized spacial score (nSPS) is 32.3. The number of quaternary nitrogens is 1. The predicted octanol–water partition coefficient (Wildman–Crippen LogP) is 0.763. The summed E-state index contributed by atoms with van der Waals surface area (Å²) >= 11 is 0. The number of rotatable bonds is 4. The Hall–Kier alpha value is -2.21. The first-order chi connectivity index (χ1) is 12.5. The maximum absolute atomic E-state index is 13.2. The summed E-state index contributed by atoms with van der Waals surface area (Å²) < 4.78 is 0. The summed E-state index contributed by atoms with van der Waals surface area (Å²) in [4.78, 5) is 40.7. The molecule has 3 amide bonds.